The molecule has 0 bridgehead atoms. The summed E-state index contributed by atoms with van der Waals surface area (Å²) in [6, 6.07) is 9.75. The minimum atomic E-state index is -0.292. The molecule has 3 heterocycles. The third-order valence-corrected chi connectivity index (χ3v) is 5.11. The molecule has 1 N–H and O–H groups in total. The van der Waals surface area contributed by atoms with E-state index in [2.05, 4.69) is 9.88 Å². The van der Waals surface area contributed by atoms with Gasteiger partial charge in [0.1, 0.15) is 5.56 Å². The minimum absolute atomic E-state index is 0.137. The fraction of sp³-hybridized carbons (Fsp3) is 0.444. The third-order valence-electron chi connectivity index (χ3n) is 5.11. The predicted octanol–water partition coefficient (Wildman–Crippen LogP) is 1.84. The number of nitrogens with one attached hydrogen (secondary N) is 1. The van der Waals surface area contributed by atoms with Crippen molar-refractivity contribution in [1.82, 2.24) is 14.8 Å². The summed E-state index contributed by atoms with van der Waals surface area (Å²) in [5, 5.41) is 0.895. The number of amides is 1. The Bertz CT molecular complexity index is 798. The maximum Gasteiger partial charge on any atom is 0.261 e. The summed E-state index contributed by atoms with van der Waals surface area (Å²) in [5.74, 6) is -0.137. The van der Waals surface area contributed by atoms with Gasteiger partial charge in [-0.15, -0.1) is 0 Å². The third kappa shape index (κ3) is 2.65. The SMILES string of the molecule is O=C(c1cc2ccccc2[nH]c1=O)N1CCN2CCCC[C@H]2C1. The van der Waals surface area contributed by atoms with Gasteiger partial charge in [0.25, 0.3) is 11.5 Å². The van der Waals surface area contributed by atoms with Gasteiger partial charge in [0.15, 0.2) is 0 Å². The number of carbonyl (C=O) groups excluding carboxylic acids is 1. The lowest BCUT2D eigenvalue weighted by atomic mass is 9.99. The summed E-state index contributed by atoms with van der Waals surface area (Å²) in [4.78, 5) is 32.3. The van der Waals surface area contributed by atoms with Crippen LogP contribution >= 0.6 is 0 Å². The average molecular weight is 311 g/mol. The second kappa shape index (κ2) is 5.81. The van der Waals surface area contributed by atoms with E-state index in [-0.39, 0.29) is 17.0 Å². The zero-order valence-corrected chi connectivity index (χ0v) is 13.1. The molecule has 23 heavy (non-hydrogen) atoms. The van der Waals surface area contributed by atoms with Crippen molar-refractivity contribution in [2.75, 3.05) is 26.2 Å². The van der Waals surface area contributed by atoms with Crippen molar-refractivity contribution in [3.63, 3.8) is 0 Å². The van der Waals surface area contributed by atoms with Crippen molar-refractivity contribution >= 4 is 16.8 Å². The molecule has 2 aliphatic heterocycles. The summed E-state index contributed by atoms with van der Waals surface area (Å²) >= 11 is 0. The Labute approximate surface area is 134 Å². The average Bonchev–Trinajstić information content (AvgIpc) is 2.60. The Hall–Kier alpha value is -2.14. The van der Waals surface area contributed by atoms with Gasteiger partial charge in [0, 0.05) is 31.2 Å². The molecular weight excluding hydrogens is 290 g/mol. The van der Waals surface area contributed by atoms with Crippen LogP contribution in [0.25, 0.3) is 10.9 Å². The lowest BCUT2D eigenvalue weighted by molar-refractivity contribution is 0.0371. The molecule has 0 aliphatic carbocycles. The maximum atomic E-state index is 12.8. The van der Waals surface area contributed by atoms with Gasteiger partial charge >= 0.3 is 0 Å². The fourth-order valence-corrected chi connectivity index (χ4v) is 3.82. The Morgan fingerprint density at radius 3 is 2.91 bits per heavy atom. The molecule has 0 spiro atoms. The first-order valence-corrected chi connectivity index (χ1v) is 8.38. The highest BCUT2D eigenvalue weighted by atomic mass is 16.2. The zero-order valence-electron chi connectivity index (χ0n) is 13.1. The molecular formula is C18H21N3O2. The molecule has 5 nitrogen and oxygen atoms in total. The molecule has 4 rings (SSSR count). The Kier molecular flexibility index (Phi) is 3.65. The van der Waals surface area contributed by atoms with Crippen LogP contribution in [-0.4, -0.2) is 52.9 Å². The van der Waals surface area contributed by atoms with E-state index in [0.717, 1.165) is 37.0 Å². The van der Waals surface area contributed by atoms with Crippen molar-refractivity contribution in [2.24, 2.45) is 0 Å². The zero-order chi connectivity index (χ0) is 15.8. The van der Waals surface area contributed by atoms with Crippen LogP contribution in [0.3, 0.4) is 0 Å². The van der Waals surface area contributed by atoms with Crippen LogP contribution in [0.5, 0.6) is 0 Å². The monoisotopic (exact) mass is 311 g/mol. The minimum Gasteiger partial charge on any atom is -0.336 e. The van der Waals surface area contributed by atoms with Gasteiger partial charge in [0.05, 0.1) is 0 Å². The van der Waals surface area contributed by atoms with Gasteiger partial charge in [-0.1, -0.05) is 24.6 Å². The summed E-state index contributed by atoms with van der Waals surface area (Å²) in [6.45, 7) is 3.51. The first kappa shape index (κ1) is 14.5. The highest BCUT2D eigenvalue weighted by molar-refractivity contribution is 5.97. The number of nitrogens with zero attached hydrogens (tertiary/aromatic N) is 2. The van der Waals surface area contributed by atoms with Gasteiger partial charge in [-0.05, 0) is 36.9 Å². The van der Waals surface area contributed by atoms with Gasteiger partial charge in [-0.3, -0.25) is 14.5 Å². The topological polar surface area (TPSA) is 56.4 Å². The number of piperazine rings is 1. The van der Waals surface area contributed by atoms with E-state index >= 15 is 0 Å². The molecule has 120 valence electrons. The number of hydrogen-bond acceptors (Lipinski definition) is 3. The summed E-state index contributed by atoms with van der Waals surface area (Å²) < 4.78 is 0. The van der Waals surface area contributed by atoms with Crippen molar-refractivity contribution in [3.05, 3.63) is 46.2 Å². The molecule has 1 aromatic heterocycles. The maximum absolute atomic E-state index is 12.8. The van der Waals surface area contributed by atoms with Crippen LogP contribution < -0.4 is 5.56 Å². The van der Waals surface area contributed by atoms with E-state index < -0.39 is 0 Å². The molecule has 2 fully saturated rings. The predicted molar refractivity (Wildman–Crippen MR) is 89.7 cm³/mol. The number of H-pyrrole nitrogens is 1. The molecule has 5 heteroatoms. The molecule has 1 aromatic carbocycles. The van der Waals surface area contributed by atoms with E-state index in [9.17, 15) is 9.59 Å². The molecule has 2 aliphatic rings. The largest absolute Gasteiger partial charge is 0.336 e. The van der Waals surface area contributed by atoms with Crippen molar-refractivity contribution in [2.45, 2.75) is 25.3 Å². The molecule has 1 atom stereocenters. The Morgan fingerprint density at radius 1 is 1.13 bits per heavy atom. The number of carbonyl (C=O) groups is 1. The fourth-order valence-electron chi connectivity index (χ4n) is 3.82. The number of pyridine rings is 1. The molecule has 0 unspecified atom stereocenters. The standard InChI is InChI=1S/C18H21N3O2/c22-17-15(11-13-5-1-2-7-16(13)19-17)18(23)21-10-9-20-8-4-3-6-14(20)12-21/h1-2,5,7,11,14H,3-4,6,8-10,12H2,(H,19,22)/t14-/m0/s1. The molecule has 2 saturated heterocycles. The van der Waals surface area contributed by atoms with Crippen LogP contribution in [0, 0.1) is 0 Å². The number of piperidine rings is 1. The number of aromatic amines is 1. The van der Waals surface area contributed by atoms with Crippen molar-refractivity contribution in [1.29, 1.82) is 0 Å². The first-order chi connectivity index (χ1) is 11.2. The van der Waals surface area contributed by atoms with Crippen LogP contribution in [0.15, 0.2) is 35.1 Å². The van der Waals surface area contributed by atoms with Gasteiger partial charge in [0.2, 0.25) is 0 Å². The first-order valence-electron chi connectivity index (χ1n) is 8.38. The van der Waals surface area contributed by atoms with E-state index in [1.807, 2.05) is 29.2 Å². The lowest BCUT2D eigenvalue weighted by Gasteiger charge is -2.44. The van der Waals surface area contributed by atoms with Crippen LogP contribution in [0.1, 0.15) is 29.6 Å². The van der Waals surface area contributed by atoms with Crippen LogP contribution in [0.2, 0.25) is 0 Å². The summed E-state index contributed by atoms with van der Waals surface area (Å²) in [6.07, 6.45) is 3.65. The lowest BCUT2D eigenvalue weighted by Crippen LogP contribution is -2.56. The second-order valence-corrected chi connectivity index (χ2v) is 6.54. The van der Waals surface area contributed by atoms with Gasteiger partial charge in [-0.25, -0.2) is 0 Å². The second-order valence-electron chi connectivity index (χ2n) is 6.54. The van der Waals surface area contributed by atoms with Crippen LogP contribution in [0.4, 0.5) is 0 Å². The number of hydrogen-bond donors (Lipinski definition) is 1. The smallest absolute Gasteiger partial charge is 0.261 e. The van der Waals surface area contributed by atoms with E-state index in [1.54, 1.807) is 6.07 Å². The highest BCUT2D eigenvalue weighted by Gasteiger charge is 2.32. The number of aromatic nitrogens is 1. The normalized spacial score (nSPS) is 22.1. The Balaban J connectivity index is 1.61. The molecule has 0 radical (unpaired) electrons. The summed E-state index contributed by atoms with van der Waals surface area (Å²) in [5.41, 5.74) is 0.735. The number of para-hydroxylation sites is 1. The van der Waals surface area contributed by atoms with Gasteiger partial charge in [-0.2, -0.15) is 0 Å². The summed E-state index contributed by atoms with van der Waals surface area (Å²) in [7, 11) is 0. The highest BCUT2D eigenvalue weighted by Crippen LogP contribution is 2.22. The Morgan fingerprint density at radius 2 is 2.00 bits per heavy atom. The number of fused-ring (bicyclic) bond motifs is 2. The van der Waals surface area contributed by atoms with E-state index in [0.29, 0.717) is 12.6 Å². The van der Waals surface area contributed by atoms with Crippen molar-refractivity contribution < 1.29 is 4.79 Å². The van der Waals surface area contributed by atoms with Crippen LogP contribution in [-0.2, 0) is 0 Å². The van der Waals surface area contributed by atoms with E-state index in [4.69, 9.17) is 0 Å². The van der Waals surface area contributed by atoms with Gasteiger partial charge < -0.3 is 9.88 Å². The molecule has 0 saturated carbocycles. The quantitative estimate of drug-likeness (QED) is 0.874. The molecule has 2 aromatic rings. The van der Waals surface area contributed by atoms with Crippen molar-refractivity contribution in [3.8, 4) is 0 Å². The van der Waals surface area contributed by atoms with E-state index in [1.165, 1.54) is 12.8 Å². The number of rotatable bonds is 1. The molecule has 1 amide bonds. The number of benzene rings is 1.